The zero-order valence-corrected chi connectivity index (χ0v) is 16.8. The Kier molecular flexibility index (Phi) is 6.25. The molecule has 6 nitrogen and oxygen atoms in total. The molecule has 2 unspecified atom stereocenters. The van der Waals surface area contributed by atoms with Crippen LogP contribution in [0, 0.1) is 17.8 Å². The maximum atomic E-state index is 13.2. The van der Waals surface area contributed by atoms with E-state index in [4.69, 9.17) is 14.2 Å². The molecule has 0 aromatic rings. The van der Waals surface area contributed by atoms with Gasteiger partial charge in [-0.05, 0) is 42.7 Å². The third-order valence-electron chi connectivity index (χ3n) is 5.83. The molecule has 0 N–H and O–H groups in total. The number of amides is 1. The van der Waals surface area contributed by atoms with Crippen molar-refractivity contribution in [3.05, 3.63) is 23.0 Å². The van der Waals surface area contributed by atoms with Crippen LogP contribution < -0.4 is 0 Å². The fourth-order valence-electron chi connectivity index (χ4n) is 4.03. The standard InChI is InChI=1S/C21H31NO5/c1-13(2)19-12-22(20(23)15-5-7-26-8-6-15)11-16-9-14(3)17(21(24)25-4)10-18(16)27-19/h10,13-15,19H,5-9,11-12H2,1-4H3. The number of methoxy groups -OCH3 is 1. The maximum Gasteiger partial charge on any atom is 0.334 e. The molecule has 1 saturated heterocycles. The third-order valence-corrected chi connectivity index (χ3v) is 5.83. The van der Waals surface area contributed by atoms with Gasteiger partial charge < -0.3 is 19.1 Å². The lowest BCUT2D eigenvalue weighted by atomic mass is 9.87. The van der Waals surface area contributed by atoms with Crippen LogP contribution >= 0.6 is 0 Å². The lowest BCUT2D eigenvalue weighted by Gasteiger charge is -2.31. The molecule has 2 aliphatic heterocycles. The van der Waals surface area contributed by atoms with Gasteiger partial charge in [0, 0.05) is 31.2 Å². The normalized spacial score (nSPS) is 26.9. The molecule has 3 aliphatic rings. The Labute approximate surface area is 161 Å². The van der Waals surface area contributed by atoms with Gasteiger partial charge in [-0.15, -0.1) is 0 Å². The molecule has 150 valence electrons. The van der Waals surface area contributed by atoms with Crippen molar-refractivity contribution in [2.75, 3.05) is 33.4 Å². The van der Waals surface area contributed by atoms with Crippen LogP contribution in [0.4, 0.5) is 0 Å². The molecular weight excluding hydrogens is 346 g/mol. The quantitative estimate of drug-likeness (QED) is 0.708. The lowest BCUT2D eigenvalue weighted by molar-refractivity contribution is -0.139. The molecule has 0 saturated carbocycles. The van der Waals surface area contributed by atoms with E-state index >= 15 is 0 Å². The number of hydrogen-bond acceptors (Lipinski definition) is 5. The number of carbonyl (C=O) groups excluding carboxylic acids is 2. The first-order valence-corrected chi connectivity index (χ1v) is 9.95. The number of rotatable bonds is 3. The van der Waals surface area contributed by atoms with Crippen molar-refractivity contribution >= 4 is 11.9 Å². The highest BCUT2D eigenvalue weighted by atomic mass is 16.5. The predicted octanol–water partition coefficient (Wildman–Crippen LogP) is 2.69. The molecule has 0 aromatic carbocycles. The smallest absolute Gasteiger partial charge is 0.334 e. The van der Waals surface area contributed by atoms with E-state index in [0.717, 1.165) is 24.2 Å². The molecule has 6 heteroatoms. The van der Waals surface area contributed by atoms with Crippen LogP contribution in [-0.2, 0) is 23.8 Å². The Morgan fingerprint density at radius 2 is 1.96 bits per heavy atom. The number of hydrogen-bond donors (Lipinski definition) is 0. The Balaban J connectivity index is 1.87. The second-order valence-corrected chi connectivity index (χ2v) is 8.17. The topological polar surface area (TPSA) is 65.1 Å². The van der Waals surface area contributed by atoms with Crippen LogP contribution in [0.3, 0.4) is 0 Å². The van der Waals surface area contributed by atoms with Crippen molar-refractivity contribution < 1.29 is 23.8 Å². The highest BCUT2D eigenvalue weighted by molar-refractivity contribution is 5.90. The molecule has 0 spiro atoms. The summed E-state index contributed by atoms with van der Waals surface area (Å²) in [5, 5.41) is 0. The summed E-state index contributed by atoms with van der Waals surface area (Å²) in [5.74, 6) is 0.992. The fourth-order valence-corrected chi connectivity index (χ4v) is 4.03. The van der Waals surface area contributed by atoms with Gasteiger partial charge in [-0.3, -0.25) is 4.79 Å². The van der Waals surface area contributed by atoms with E-state index in [1.807, 2.05) is 17.9 Å². The monoisotopic (exact) mass is 377 g/mol. The fraction of sp³-hybridized carbons (Fsp3) is 0.714. The van der Waals surface area contributed by atoms with E-state index in [0.29, 0.717) is 38.3 Å². The van der Waals surface area contributed by atoms with Crippen LogP contribution in [0.1, 0.15) is 40.0 Å². The SMILES string of the molecule is COC(=O)C1=CC2=C(CC1C)CN(C(=O)C1CCOCC1)CC(C(C)C)O2. The van der Waals surface area contributed by atoms with Crippen LogP contribution in [0.15, 0.2) is 23.0 Å². The summed E-state index contributed by atoms with van der Waals surface area (Å²) in [7, 11) is 1.40. The maximum absolute atomic E-state index is 13.2. The Bertz CT molecular complexity index is 645. The first kappa shape index (κ1) is 19.9. The molecule has 3 rings (SSSR count). The number of esters is 1. The van der Waals surface area contributed by atoms with Crippen LogP contribution in [0.25, 0.3) is 0 Å². The van der Waals surface area contributed by atoms with Crippen molar-refractivity contribution in [3.63, 3.8) is 0 Å². The Morgan fingerprint density at radius 1 is 1.26 bits per heavy atom. The summed E-state index contributed by atoms with van der Waals surface area (Å²) < 4.78 is 16.6. The summed E-state index contributed by atoms with van der Waals surface area (Å²) in [6.07, 6.45) is 4.02. The van der Waals surface area contributed by atoms with Crippen molar-refractivity contribution in [3.8, 4) is 0 Å². The molecule has 0 bridgehead atoms. The minimum atomic E-state index is -0.307. The van der Waals surface area contributed by atoms with Crippen molar-refractivity contribution in [2.24, 2.45) is 17.8 Å². The summed E-state index contributed by atoms with van der Waals surface area (Å²) >= 11 is 0. The number of allylic oxidation sites excluding steroid dienone is 1. The van der Waals surface area contributed by atoms with Gasteiger partial charge in [0.1, 0.15) is 11.9 Å². The molecule has 0 aromatic heterocycles. The van der Waals surface area contributed by atoms with Gasteiger partial charge >= 0.3 is 5.97 Å². The molecule has 0 radical (unpaired) electrons. The van der Waals surface area contributed by atoms with E-state index in [1.165, 1.54) is 7.11 Å². The zero-order valence-electron chi connectivity index (χ0n) is 16.8. The first-order chi connectivity index (χ1) is 12.9. The largest absolute Gasteiger partial charge is 0.488 e. The summed E-state index contributed by atoms with van der Waals surface area (Å²) in [4.78, 5) is 27.2. The van der Waals surface area contributed by atoms with Crippen LogP contribution in [0.2, 0.25) is 0 Å². The highest BCUT2D eigenvalue weighted by Gasteiger charge is 2.35. The van der Waals surface area contributed by atoms with E-state index in [9.17, 15) is 9.59 Å². The minimum Gasteiger partial charge on any atom is -0.488 e. The van der Waals surface area contributed by atoms with Crippen LogP contribution in [-0.4, -0.2) is 56.3 Å². The molecule has 1 aliphatic carbocycles. The number of ether oxygens (including phenoxy) is 3. The van der Waals surface area contributed by atoms with Gasteiger partial charge in [0.15, 0.2) is 0 Å². The third kappa shape index (κ3) is 4.37. The molecule has 2 atom stereocenters. The minimum absolute atomic E-state index is 0.0379. The van der Waals surface area contributed by atoms with Crippen molar-refractivity contribution in [1.29, 1.82) is 0 Å². The molecule has 2 heterocycles. The zero-order chi connectivity index (χ0) is 19.6. The second kappa shape index (κ2) is 8.46. The highest BCUT2D eigenvalue weighted by Crippen LogP contribution is 2.35. The Morgan fingerprint density at radius 3 is 2.59 bits per heavy atom. The van der Waals surface area contributed by atoms with Gasteiger partial charge in [-0.25, -0.2) is 4.79 Å². The lowest BCUT2D eigenvalue weighted by Crippen LogP contribution is -2.43. The number of nitrogens with zero attached hydrogens (tertiary/aromatic N) is 1. The average Bonchev–Trinajstić information content (AvgIpc) is 2.86. The van der Waals surface area contributed by atoms with E-state index in [-0.39, 0.29) is 35.7 Å². The van der Waals surface area contributed by atoms with Gasteiger partial charge in [0.25, 0.3) is 0 Å². The average molecular weight is 377 g/mol. The first-order valence-electron chi connectivity index (χ1n) is 9.95. The molecular formula is C21H31NO5. The Hall–Kier alpha value is -1.82. The van der Waals surface area contributed by atoms with Gasteiger partial charge in [-0.1, -0.05) is 20.8 Å². The molecule has 27 heavy (non-hydrogen) atoms. The summed E-state index contributed by atoms with van der Waals surface area (Å²) in [6.45, 7) is 8.69. The van der Waals surface area contributed by atoms with Crippen LogP contribution in [0.5, 0.6) is 0 Å². The van der Waals surface area contributed by atoms with Crippen molar-refractivity contribution in [1.82, 2.24) is 4.90 Å². The number of carbonyl (C=O) groups is 2. The van der Waals surface area contributed by atoms with E-state index < -0.39 is 0 Å². The van der Waals surface area contributed by atoms with E-state index in [1.54, 1.807) is 0 Å². The van der Waals surface area contributed by atoms with Crippen molar-refractivity contribution in [2.45, 2.75) is 46.1 Å². The summed E-state index contributed by atoms with van der Waals surface area (Å²) in [5.41, 5.74) is 1.74. The van der Waals surface area contributed by atoms with E-state index in [2.05, 4.69) is 13.8 Å². The second-order valence-electron chi connectivity index (χ2n) is 8.17. The van der Waals surface area contributed by atoms with Gasteiger partial charge in [0.2, 0.25) is 5.91 Å². The predicted molar refractivity (Wildman–Crippen MR) is 101 cm³/mol. The van der Waals surface area contributed by atoms with Gasteiger partial charge in [-0.2, -0.15) is 0 Å². The summed E-state index contributed by atoms with van der Waals surface area (Å²) in [6, 6.07) is 0. The molecule has 1 amide bonds. The van der Waals surface area contributed by atoms with Gasteiger partial charge in [0.05, 0.1) is 13.7 Å². The molecule has 1 fully saturated rings.